The Hall–Kier alpha value is -1.58. The predicted octanol–water partition coefficient (Wildman–Crippen LogP) is 4.06. The van der Waals surface area contributed by atoms with E-state index >= 15 is 0 Å². The van der Waals surface area contributed by atoms with E-state index < -0.39 is 0 Å². The number of hydrogen-bond acceptors (Lipinski definition) is 4. The van der Waals surface area contributed by atoms with Gasteiger partial charge in [0.25, 0.3) is 0 Å². The number of fused-ring (bicyclic) bond motifs is 2. The lowest BCUT2D eigenvalue weighted by Gasteiger charge is -2.38. The highest BCUT2D eigenvalue weighted by Gasteiger charge is 2.55. The molecule has 2 bridgehead atoms. The molecule has 0 aromatic rings. The standard InChI is InChI=1S/C20H30O4/c1-4-18(21)23-12-8-6-7-9-17-15(3)16-10-11-20(17,13-16)14-24-19(22)5-2/h4-5,15-17H,1-2,6-14H2,3H3. The number of carbonyl (C=O) groups is 2. The lowest BCUT2D eigenvalue weighted by molar-refractivity contribution is -0.142. The number of unbranched alkanes of at least 4 members (excludes halogenated alkanes) is 2. The van der Waals surface area contributed by atoms with Crippen molar-refractivity contribution in [1.29, 1.82) is 0 Å². The molecule has 4 nitrogen and oxygen atoms in total. The number of ether oxygens (including phenoxy) is 2. The first-order chi connectivity index (χ1) is 11.5. The van der Waals surface area contributed by atoms with Crippen LogP contribution >= 0.6 is 0 Å². The summed E-state index contributed by atoms with van der Waals surface area (Å²) < 4.78 is 10.4. The van der Waals surface area contributed by atoms with Crippen molar-refractivity contribution in [2.75, 3.05) is 13.2 Å². The highest BCUT2D eigenvalue weighted by atomic mass is 16.5. The highest BCUT2D eigenvalue weighted by Crippen LogP contribution is 2.61. The van der Waals surface area contributed by atoms with Crippen LogP contribution in [0.3, 0.4) is 0 Å². The maximum atomic E-state index is 11.5. The van der Waals surface area contributed by atoms with Crippen molar-refractivity contribution >= 4 is 11.9 Å². The van der Waals surface area contributed by atoms with E-state index in [1.54, 1.807) is 0 Å². The minimum absolute atomic E-state index is 0.179. The molecule has 0 amide bonds. The topological polar surface area (TPSA) is 52.6 Å². The van der Waals surface area contributed by atoms with Crippen LogP contribution in [0, 0.1) is 23.2 Å². The molecular weight excluding hydrogens is 304 g/mol. The van der Waals surface area contributed by atoms with Crippen LogP contribution in [0.4, 0.5) is 0 Å². The Labute approximate surface area is 145 Å². The molecule has 4 atom stereocenters. The molecule has 0 heterocycles. The van der Waals surface area contributed by atoms with E-state index in [1.807, 2.05) is 0 Å². The van der Waals surface area contributed by atoms with Crippen LogP contribution in [0.2, 0.25) is 0 Å². The van der Waals surface area contributed by atoms with Crippen molar-refractivity contribution in [2.45, 2.75) is 51.9 Å². The number of hydrogen-bond donors (Lipinski definition) is 0. The summed E-state index contributed by atoms with van der Waals surface area (Å²) in [5.74, 6) is 1.46. The molecule has 24 heavy (non-hydrogen) atoms. The summed E-state index contributed by atoms with van der Waals surface area (Å²) in [6.07, 6.45) is 10.3. The Morgan fingerprint density at radius 2 is 1.83 bits per heavy atom. The average molecular weight is 334 g/mol. The maximum Gasteiger partial charge on any atom is 0.330 e. The summed E-state index contributed by atoms with van der Waals surface area (Å²) in [4.78, 5) is 22.4. The van der Waals surface area contributed by atoms with Gasteiger partial charge in [0.1, 0.15) is 0 Å². The summed E-state index contributed by atoms with van der Waals surface area (Å²) >= 11 is 0. The Balaban J connectivity index is 1.77. The molecule has 4 unspecified atom stereocenters. The van der Waals surface area contributed by atoms with Gasteiger partial charge in [0, 0.05) is 17.6 Å². The second kappa shape index (κ2) is 8.50. The van der Waals surface area contributed by atoms with Crippen molar-refractivity contribution in [3.63, 3.8) is 0 Å². The Bertz CT molecular complexity index is 484. The van der Waals surface area contributed by atoms with Gasteiger partial charge in [-0.2, -0.15) is 0 Å². The average Bonchev–Trinajstić information content (AvgIpc) is 3.13. The fraction of sp³-hybridized carbons (Fsp3) is 0.700. The first kappa shape index (κ1) is 18.8. The van der Waals surface area contributed by atoms with Crippen molar-refractivity contribution in [3.8, 4) is 0 Å². The van der Waals surface area contributed by atoms with E-state index in [4.69, 9.17) is 9.47 Å². The molecule has 0 spiro atoms. The van der Waals surface area contributed by atoms with Crippen molar-refractivity contribution in [2.24, 2.45) is 23.2 Å². The fourth-order valence-corrected chi connectivity index (χ4v) is 4.83. The van der Waals surface area contributed by atoms with Gasteiger partial charge in [-0.3, -0.25) is 0 Å². The third kappa shape index (κ3) is 4.28. The second-order valence-electron chi connectivity index (χ2n) is 7.36. The molecule has 0 aromatic heterocycles. The minimum atomic E-state index is -0.347. The quantitative estimate of drug-likeness (QED) is 0.343. The zero-order valence-electron chi connectivity index (χ0n) is 14.8. The first-order valence-electron chi connectivity index (χ1n) is 9.11. The Morgan fingerprint density at radius 3 is 2.54 bits per heavy atom. The normalized spacial score (nSPS) is 30.8. The lowest BCUT2D eigenvalue weighted by Crippen LogP contribution is -2.34. The summed E-state index contributed by atoms with van der Waals surface area (Å²) in [7, 11) is 0. The van der Waals surface area contributed by atoms with Crippen LogP contribution in [-0.4, -0.2) is 25.2 Å². The van der Waals surface area contributed by atoms with Gasteiger partial charge in [-0.25, -0.2) is 9.59 Å². The number of esters is 2. The molecule has 0 aliphatic heterocycles. The van der Waals surface area contributed by atoms with Crippen molar-refractivity contribution in [3.05, 3.63) is 25.3 Å². The molecule has 2 saturated carbocycles. The predicted molar refractivity (Wildman–Crippen MR) is 93.2 cm³/mol. The van der Waals surface area contributed by atoms with Gasteiger partial charge in [-0.1, -0.05) is 32.9 Å². The fourth-order valence-electron chi connectivity index (χ4n) is 4.83. The third-order valence-corrected chi connectivity index (χ3v) is 6.09. The summed E-state index contributed by atoms with van der Waals surface area (Å²) in [5.41, 5.74) is 0.179. The van der Waals surface area contributed by atoms with E-state index in [-0.39, 0.29) is 17.4 Å². The van der Waals surface area contributed by atoms with E-state index in [0.717, 1.165) is 25.2 Å². The van der Waals surface area contributed by atoms with Crippen LogP contribution in [0.5, 0.6) is 0 Å². The number of carbonyl (C=O) groups excluding carboxylic acids is 2. The van der Waals surface area contributed by atoms with Gasteiger partial charge in [-0.15, -0.1) is 0 Å². The first-order valence-corrected chi connectivity index (χ1v) is 9.11. The molecule has 0 N–H and O–H groups in total. The van der Waals surface area contributed by atoms with Gasteiger partial charge in [-0.05, 0) is 49.9 Å². The van der Waals surface area contributed by atoms with Gasteiger partial charge >= 0.3 is 11.9 Å². The highest BCUT2D eigenvalue weighted by molar-refractivity contribution is 5.81. The molecule has 0 saturated heterocycles. The minimum Gasteiger partial charge on any atom is -0.463 e. The van der Waals surface area contributed by atoms with Crippen LogP contribution in [0.15, 0.2) is 25.3 Å². The molecule has 2 aliphatic rings. The molecule has 134 valence electrons. The van der Waals surface area contributed by atoms with Gasteiger partial charge in [0.2, 0.25) is 0 Å². The third-order valence-electron chi connectivity index (χ3n) is 6.09. The lowest BCUT2D eigenvalue weighted by atomic mass is 9.69. The van der Waals surface area contributed by atoms with E-state index in [2.05, 4.69) is 20.1 Å². The van der Waals surface area contributed by atoms with E-state index in [9.17, 15) is 9.59 Å². The second-order valence-corrected chi connectivity index (χ2v) is 7.36. The molecule has 2 rings (SSSR count). The summed E-state index contributed by atoms with van der Waals surface area (Å²) in [6, 6.07) is 0. The molecule has 0 aromatic carbocycles. The zero-order valence-corrected chi connectivity index (χ0v) is 14.8. The monoisotopic (exact) mass is 334 g/mol. The SMILES string of the molecule is C=CC(=O)OCCCCCC1C(C)C2CCC1(COC(=O)C=C)C2. The molecule has 2 fully saturated rings. The van der Waals surface area contributed by atoms with Gasteiger partial charge in [0.05, 0.1) is 13.2 Å². The zero-order chi connectivity index (χ0) is 17.6. The van der Waals surface area contributed by atoms with Crippen molar-refractivity contribution in [1.82, 2.24) is 0 Å². The molecular formula is C20H30O4. The van der Waals surface area contributed by atoms with Crippen LogP contribution in [0.25, 0.3) is 0 Å². The number of rotatable bonds is 10. The molecule has 2 aliphatic carbocycles. The van der Waals surface area contributed by atoms with E-state index in [1.165, 1.54) is 37.8 Å². The van der Waals surface area contributed by atoms with Gasteiger partial charge < -0.3 is 9.47 Å². The smallest absolute Gasteiger partial charge is 0.330 e. The maximum absolute atomic E-state index is 11.5. The Kier molecular flexibility index (Phi) is 6.64. The van der Waals surface area contributed by atoms with Crippen molar-refractivity contribution < 1.29 is 19.1 Å². The van der Waals surface area contributed by atoms with E-state index in [0.29, 0.717) is 25.0 Å². The molecule has 0 radical (unpaired) electrons. The van der Waals surface area contributed by atoms with Crippen LogP contribution in [-0.2, 0) is 19.1 Å². The Morgan fingerprint density at radius 1 is 1.12 bits per heavy atom. The molecule has 4 heteroatoms. The van der Waals surface area contributed by atoms with Crippen LogP contribution in [0.1, 0.15) is 51.9 Å². The largest absolute Gasteiger partial charge is 0.463 e. The van der Waals surface area contributed by atoms with Gasteiger partial charge in [0.15, 0.2) is 0 Å². The summed E-state index contributed by atoms with van der Waals surface area (Å²) in [5, 5.41) is 0. The summed E-state index contributed by atoms with van der Waals surface area (Å²) in [6.45, 7) is 10.2. The van der Waals surface area contributed by atoms with Crippen LogP contribution < -0.4 is 0 Å².